The van der Waals surface area contributed by atoms with Crippen LogP contribution < -0.4 is 9.03 Å². The number of aryl methyl sites for hydroxylation is 2. The topological polar surface area (TPSA) is 83.6 Å². The van der Waals surface area contributed by atoms with Gasteiger partial charge in [-0.05, 0) is 74.1 Å². The zero-order valence-corrected chi connectivity index (χ0v) is 18.1. The number of nitrogens with one attached hydrogen (secondary N) is 1. The minimum atomic E-state index is -3.77. The van der Waals surface area contributed by atoms with Crippen LogP contribution >= 0.6 is 0 Å². The summed E-state index contributed by atoms with van der Waals surface area (Å²) in [6, 6.07) is 9.15. The number of hydrogen-bond acceptors (Lipinski definition) is 4. The normalized spacial score (nSPS) is 16.7. The van der Waals surface area contributed by atoms with E-state index < -0.39 is 20.0 Å². The Hall–Kier alpha value is -1.97. The molecular weight excluding hydrogens is 415 g/mol. The van der Waals surface area contributed by atoms with Gasteiger partial charge in [-0.25, -0.2) is 25.9 Å². The Morgan fingerprint density at radius 1 is 1.07 bits per heavy atom. The molecule has 0 unspecified atom stereocenters. The minimum Gasteiger partial charge on any atom is -0.270 e. The van der Waals surface area contributed by atoms with Crippen molar-refractivity contribution in [3.63, 3.8) is 0 Å². The Kier molecular flexibility index (Phi) is 6.30. The van der Waals surface area contributed by atoms with Crippen LogP contribution in [0.1, 0.15) is 29.5 Å². The molecule has 6 nitrogen and oxygen atoms in total. The molecule has 1 aliphatic rings. The molecule has 0 saturated carbocycles. The summed E-state index contributed by atoms with van der Waals surface area (Å²) in [4.78, 5) is 0.162. The van der Waals surface area contributed by atoms with Gasteiger partial charge in [0.15, 0.2) is 0 Å². The highest BCUT2D eigenvalue weighted by Crippen LogP contribution is 2.30. The van der Waals surface area contributed by atoms with Crippen molar-refractivity contribution in [1.82, 2.24) is 4.72 Å². The third-order valence-corrected chi connectivity index (χ3v) is 8.61. The number of halogens is 1. The van der Waals surface area contributed by atoms with Crippen molar-refractivity contribution in [2.24, 2.45) is 0 Å². The molecule has 0 aliphatic carbocycles. The zero-order chi connectivity index (χ0) is 21.2. The molecule has 3 rings (SSSR count). The Morgan fingerprint density at radius 3 is 2.28 bits per heavy atom. The standard InChI is InChI=1S/C20H25FN2O4S2/c1-15-13-19(23-11-3-4-12-28(23,24)25)14-16(2)20(15)29(26,27)22-10-9-17-5-7-18(21)8-6-17/h5-8,13-14,22H,3-4,9-12H2,1-2H3. The fourth-order valence-electron chi connectivity index (χ4n) is 3.63. The fourth-order valence-corrected chi connectivity index (χ4v) is 6.73. The highest BCUT2D eigenvalue weighted by Gasteiger charge is 2.28. The van der Waals surface area contributed by atoms with E-state index in [0.717, 1.165) is 12.0 Å². The number of anilines is 1. The van der Waals surface area contributed by atoms with Crippen molar-refractivity contribution in [2.75, 3.05) is 23.1 Å². The Balaban J connectivity index is 1.79. The van der Waals surface area contributed by atoms with Gasteiger partial charge in [0.25, 0.3) is 0 Å². The van der Waals surface area contributed by atoms with Crippen molar-refractivity contribution in [3.05, 3.63) is 58.9 Å². The first-order valence-corrected chi connectivity index (χ1v) is 12.6. The van der Waals surface area contributed by atoms with Gasteiger partial charge >= 0.3 is 0 Å². The van der Waals surface area contributed by atoms with Crippen molar-refractivity contribution >= 4 is 25.7 Å². The van der Waals surface area contributed by atoms with Crippen molar-refractivity contribution in [2.45, 2.75) is 38.0 Å². The lowest BCUT2D eigenvalue weighted by Crippen LogP contribution is -2.38. The first-order chi connectivity index (χ1) is 13.6. The number of sulfonamides is 2. The van der Waals surface area contributed by atoms with Crippen molar-refractivity contribution in [3.8, 4) is 0 Å². The van der Waals surface area contributed by atoms with E-state index in [4.69, 9.17) is 0 Å². The molecule has 1 heterocycles. The molecule has 0 aromatic heterocycles. The predicted octanol–water partition coefficient (Wildman–Crippen LogP) is 2.89. The van der Waals surface area contributed by atoms with Gasteiger partial charge in [0, 0.05) is 13.1 Å². The minimum absolute atomic E-state index is 0.107. The van der Waals surface area contributed by atoms with Gasteiger partial charge in [-0.15, -0.1) is 0 Å². The van der Waals surface area contributed by atoms with E-state index >= 15 is 0 Å². The highest BCUT2D eigenvalue weighted by atomic mass is 32.2. The highest BCUT2D eigenvalue weighted by molar-refractivity contribution is 7.92. The molecule has 2 aromatic rings. The molecule has 2 aromatic carbocycles. The van der Waals surface area contributed by atoms with E-state index in [1.807, 2.05) is 0 Å². The average molecular weight is 441 g/mol. The van der Waals surface area contributed by atoms with Gasteiger partial charge in [0.2, 0.25) is 20.0 Å². The summed E-state index contributed by atoms with van der Waals surface area (Å²) in [6.07, 6.45) is 1.85. The second kappa shape index (κ2) is 8.41. The molecular formula is C20H25FN2O4S2. The molecule has 9 heteroatoms. The number of rotatable bonds is 6. The summed E-state index contributed by atoms with van der Waals surface area (Å²) >= 11 is 0. The van der Waals surface area contributed by atoms with E-state index in [1.165, 1.54) is 16.4 Å². The monoisotopic (exact) mass is 440 g/mol. The maximum absolute atomic E-state index is 13.0. The van der Waals surface area contributed by atoms with E-state index in [-0.39, 0.29) is 23.0 Å². The maximum Gasteiger partial charge on any atom is 0.241 e. The molecule has 1 N–H and O–H groups in total. The largest absolute Gasteiger partial charge is 0.270 e. The van der Waals surface area contributed by atoms with Crippen LogP contribution in [-0.4, -0.2) is 35.7 Å². The molecule has 0 amide bonds. The van der Waals surface area contributed by atoms with Gasteiger partial charge in [-0.3, -0.25) is 4.31 Å². The molecule has 1 saturated heterocycles. The molecule has 0 bridgehead atoms. The number of nitrogens with zero attached hydrogens (tertiary/aromatic N) is 1. The van der Waals surface area contributed by atoms with Crippen LogP contribution in [0.2, 0.25) is 0 Å². The van der Waals surface area contributed by atoms with Gasteiger partial charge in [-0.2, -0.15) is 0 Å². The smallest absolute Gasteiger partial charge is 0.241 e. The van der Waals surface area contributed by atoms with Crippen LogP contribution in [0.4, 0.5) is 10.1 Å². The van der Waals surface area contributed by atoms with Crippen molar-refractivity contribution < 1.29 is 21.2 Å². The average Bonchev–Trinajstić information content (AvgIpc) is 2.62. The lowest BCUT2D eigenvalue weighted by molar-refractivity contribution is 0.574. The molecule has 1 fully saturated rings. The third-order valence-electron chi connectivity index (χ3n) is 4.97. The first kappa shape index (κ1) is 21.7. The van der Waals surface area contributed by atoms with Crippen LogP contribution in [0.15, 0.2) is 41.3 Å². The van der Waals surface area contributed by atoms with E-state index in [0.29, 0.717) is 36.2 Å². The molecule has 0 atom stereocenters. The van der Waals surface area contributed by atoms with Crippen LogP contribution in [0.3, 0.4) is 0 Å². The number of benzene rings is 2. The Bertz CT molecular complexity index is 1070. The summed E-state index contributed by atoms with van der Waals surface area (Å²) in [5.74, 6) is -0.229. The third kappa shape index (κ3) is 4.96. The summed E-state index contributed by atoms with van der Waals surface area (Å²) in [6.45, 7) is 3.92. The Morgan fingerprint density at radius 2 is 1.69 bits per heavy atom. The molecule has 29 heavy (non-hydrogen) atoms. The second-order valence-electron chi connectivity index (χ2n) is 7.28. The summed E-state index contributed by atoms with van der Waals surface area (Å²) in [7, 11) is -7.13. The summed E-state index contributed by atoms with van der Waals surface area (Å²) in [5, 5.41) is 0. The maximum atomic E-state index is 13.0. The number of hydrogen-bond donors (Lipinski definition) is 1. The zero-order valence-electron chi connectivity index (χ0n) is 16.5. The van der Waals surface area contributed by atoms with E-state index in [2.05, 4.69) is 4.72 Å². The van der Waals surface area contributed by atoms with Gasteiger partial charge < -0.3 is 0 Å². The lowest BCUT2D eigenvalue weighted by atomic mass is 10.1. The van der Waals surface area contributed by atoms with Crippen LogP contribution in [-0.2, 0) is 26.5 Å². The Labute approximate surface area is 171 Å². The molecule has 1 aliphatic heterocycles. The molecule has 0 spiro atoms. The summed E-state index contributed by atoms with van der Waals surface area (Å²) in [5.41, 5.74) is 2.32. The van der Waals surface area contributed by atoms with Crippen LogP contribution in [0.25, 0.3) is 0 Å². The fraction of sp³-hybridized carbons (Fsp3) is 0.400. The van der Waals surface area contributed by atoms with Crippen molar-refractivity contribution in [1.29, 1.82) is 0 Å². The van der Waals surface area contributed by atoms with Crippen LogP contribution in [0, 0.1) is 19.7 Å². The quantitative estimate of drug-likeness (QED) is 0.749. The van der Waals surface area contributed by atoms with Gasteiger partial charge in [0.05, 0.1) is 16.3 Å². The second-order valence-corrected chi connectivity index (χ2v) is 11.0. The molecule has 158 valence electrons. The van der Waals surface area contributed by atoms with Gasteiger partial charge in [0.1, 0.15) is 5.82 Å². The SMILES string of the molecule is Cc1cc(N2CCCCS2(=O)=O)cc(C)c1S(=O)(=O)NCCc1ccc(F)cc1. The first-order valence-electron chi connectivity index (χ1n) is 9.46. The van der Waals surface area contributed by atoms with E-state index in [9.17, 15) is 21.2 Å². The van der Waals surface area contributed by atoms with Crippen LogP contribution in [0.5, 0.6) is 0 Å². The van der Waals surface area contributed by atoms with Gasteiger partial charge in [-0.1, -0.05) is 12.1 Å². The molecule has 0 radical (unpaired) electrons. The predicted molar refractivity (Wildman–Crippen MR) is 112 cm³/mol. The lowest BCUT2D eigenvalue weighted by Gasteiger charge is -2.29. The summed E-state index contributed by atoms with van der Waals surface area (Å²) < 4.78 is 67.3. The van der Waals surface area contributed by atoms with E-state index in [1.54, 1.807) is 38.1 Å².